The van der Waals surface area contributed by atoms with Crippen LogP contribution in [-0.2, 0) is 14.8 Å². The molecule has 33 heavy (non-hydrogen) atoms. The summed E-state index contributed by atoms with van der Waals surface area (Å²) in [7, 11) is -2.02. The van der Waals surface area contributed by atoms with E-state index in [-0.39, 0.29) is 23.1 Å². The van der Waals surface area contributed by atoms with Crippen molar-refractivity contribution in [1.29, 1.82) is 0 Å². The summed E-state index contributed by atoms with van der Waals surface area (Å²) in [5.74, 6) is 0. The van der Waals surface area contributed by atoms with Crippen molar-refractivity contribution in [3.63, 3.8) is 0 Å². The van der Waals surface area contributed by atoms with Crippen molar-refractivity contribution in [2.75, 3.05) is 51.6 Å². The second-order valence-electron chi connectivity index (χ2n) is 9.33. The summed E-state index contributed by atoms with van der Waals surface area (Å²) in [6.07, 6.45) is -0.297. The molecule has 0 unspecified atom stereocenters. The Morgan fingerprint density at radius 2 is 1.67 bits per heavy atom. The number of piperazine rings is 1. The van der Waals surface area contributed by atoms with Crippen molar-refractivity contribution in [3.8, 4) is 0 Å². The summed E-state index contributed by atoms with van der Waals surface area (Å²) >= 11 is 0. The van der Waals surface area contributed by atoms with Crippen molar-refractivity contribution in [2.24, 2.45) is 0 Å². The lowest BCUT2D eigenvalue weighted by molar-refractivity contribution is 0.0147. The van der Waals surface area contributed by atoms with E-state index in [0.717, 1.165) is 0 Å². The first-order valence-corrected chi connectivity index (χ1v) is 12.6. The van der Waals surface area contributed by atoms with E-state index >= 15 is 0 Å². The van der Waals surface area contributed by atoms with E-state index in [9.17, 15) is 18.0 Å². The molecule has 0 aromatic heterocycles. The summed E-state index contributed by atoms with van der Waals surface area (Å²) in [6.45, 7) is 12.9. The minimum absolute atomic E-state index is 0.154. The maximum Gasteiger partial charge on any atom is 0.410 e. The average molecular weight is 484 g/mol. The molecular formula is C22H37N5O5S. The molecular weight excluding hydrogens is 446 g/mol. The monoisotopic (exact) mass is 483 g/mol. The molecule has 2 rings (SSSR count). The molecule has 2 N–H and O–H groups in total. The zero-order valence-corrected chi connectivity index (χ0v) is 21.2. The molecule has 1 aliphatic rings. The maximum atomic E-state index is 12.5. The molecule has 10 nitrogen and oxygen atoms in total. The van der Waals surface area contributed by atoms with Crippen LogP contribution in [0.1, 0.15) is 34.6 Å². The average Bonchev–Trinajstić information content (AvgIpc) is 2.72. The summed E-state index contributed by atoms with van der Waals surface area (Å²) in [6, 6.07) is 5.57. The fraction of sp³-hybridized carbons (Fsp3) is 0.636. The third-order valence-corrected chi connectivity index (χ3v) is 7.30. The number of carbonyl (C=O) groups excluding carboxylic acids is 2. The number of anilines is 1. The van der Waals surface area contributed by atoms with E-state index in [2.05, 4.69) is 15.5 Å². The highest BCUT2D eigenvalue weighted by Crippen LogP contribution is 2.19. The fourth-order valence-electron chi connectivity index (χ4n) is 3.14. The van der Waals surface area contributed by atoms with Gasteiger partial charge in [-0.15, -0.1) is 0 Å². The number of sulfonamides is 1. The number of hydrogen-bond acceptors (Lipinski definition) is 6. The molecule has 1 fully saturated rings. The highest BCUT2D eigenvalue weighted by molar-refractivity contribution is 7.89. The van der Waals surface area contributed by atoms with Gasteiger partial charge in [0.25, 0.3) is 0 Å². The molecule has 0 radical (unpaired) electrons. The molecule has 0 bridgehead atoms. The zero-order chi connectivity index (χ0) is 24.8. The van der Waals surface area contributed by atoms with Gasteiger partial charge in [-0.25, -0.2) is 18.0 Å². The number of carbonyl (C=O) groups is 2. The number of urea groups is 1. The number of hydrogen-bond donors (Lipinski definition) is 2. The van der Waals surface area contributed by atoms with Gasteiger partial charge >= 0.3 is 12.1 Å². The standard InChI is InChI=1S/C22H37N5O5S/c1-17(2)25(6)33(30,31)19-9-7-18(8-10-19)24-20(28)23-11-12-26-13-15-27(16-14-26)21(29)32-22(3,4)5/h7-10,17H,11-16H2,1-6H3,(H2,23,24,28). The summed E-state index contributed by atoms with van der Waals surface area (Å²) in [4.78, 5) is 28.3. The van der Waals surface area contributed by atoms with E-state index in [1.54, 1.807) is 30.9 Å². The quantitative estimate of drug-likeness (QED) is 0.616. The van der Waals surface area contributed by atoms with Crippen LogP contribution in [0.15, 0.2) is 29.2 Å². The molecule has 0 saturated carbocycles. The van der Waals surface area contributed by atoms with Crippen LogP contribution in [0.5, 0.6) is 0 Å². The van der Waals surface area contributed by atoms with E-state index in [1.807, 2.05) is 20.8 Å². The van der Waals surface area contributed by atoms with Gasteiger partial charge < -0.3 is 20.3 Å². The number of ether oxygens (including phenoxy) is 1. The summed E-state index contributed by atoms with van der Waals surface area (Å²) in [5, 5.41) is 5.51. The van der Waals surface area contributed by atoms with Crippen LogP contribution in [-0.4, -0.2) is 92.6 Å². The van der Waals surface area contributed by atoms with Gasteiger partial charge in [0.2, 0.25) is 10.0 Å². The van der Waals surface area contributed by atoms with Crippen LogP contribution in [0, 0.1) is 0 Å². The SMILES string of the molecule is CC(C)N(C)S(=O)(=O)c1ccc(NC(=O)NCCN2CCN(C(=O)OC(C)(C)C)CC2)cc1. The van der Waals surface area contributed by atoms with E-state index in [4.69, 9.17) is 4.74 Å². The Morgan fingerprint density at radius 3 is 2.18 bits per heavy atom. The molecule has 1 aromatic rings. The third-order valence-electron chi connectivity index (χ3n) is 5.25. The minimum atomic E-state index is -3.56. The first-order valence-electron chi connectivity index (χ1n) is 11.1. The van der Waals surface area contributed by atoms with Crippen LogP contribution in [0.3, 0.4) is 0 Å². The topological polar surface area (TPSA) is 111 Å². The smallest absolute Gasteiger partial charge is 0.410 e. The zero-order valence-electron chi connectivity index (χ0n) is 20.4. The Balaban J connectivity index is 1.73. The first-order chi connectivity index (χ1) is 15.3. The molecule has 11 heteroatoms. The number of nitrogens with zero attached hydrogens (tertiary/aromatic N) is 3. The molecule has 0 atom stereocenters. The van der Waals surface area contributed by atoms with E-state index in [1.165, 1.54) is 23.5 Å². The van der Waals surface area contributed by atoms with Crippen molar-refractivity contribution in [1.82, 2.24) is 19.4 Å². The number of amides is 3. The molecule has 0 spiro atoms. The Morgan fingerprint density at radius 1 is 1.09 bits per heavy atom. The molecule has 1 aliphatic heterocycles. The lowest BCUT2D eigenvalue weighted by Crippen LogP contribution is -2.51. The molecule has 0 aliphatic carbocycles. The Hall–Kier alpha value is -2.37. The van der Waals surface area contributed by atoms with Crippen LogP contribution >= 0.6 is 0 Å². The van der Waals surface area contributed by atoms with Gasteiger partial charge in [-0.05, 0) is 58.9 Å². The highest BCUT2D eigenvalue weighted by Gasteiger charge is 2.26. The van der Waals surface area contributed by atoms with Crippen molar-refractivity contribution in [3.05, 3.63) is 24.3 Å². The van der Waals surface area contributed by atoms with E-state index < -0.39 is 15.6 Å². The van der Waals surface area contributed by atoms with Crippen LogP contribution in [0.2, 0.25) is 0 Å². The third kappa shape index (κ3) is 8.17. The van der Waals surface area contributed by atoms with Gasteiger partial charge in [0.15, 0.2) is 0 Å². The van der Waals surface area contributed by atoms with Crippen LogP contribution in [0.4, 0.5) is 15.3 Å². The fourth-order valence-corrected chi connectivity index (χ4v) is 4.51. The Kier molecular flexibility index (Phi) is 9.10. The highest BCUT2D eigenvalue weighted by atomic mass is 32.2. The Labute approximate surface area is 197 Å². The van der Waals surface area contributed by atoms with Crippen molar-refractivity contribution < 1.29 is 22.7 Å². The summed E-state index contributed by atoms with van der Waals surface area (Å²) < 4.78 is 31.7. The largest absolute Gasteiger partial charge is 0.444 e. The predicted octanol–water partition coefficient (Wildman–Crippen LogP) is 2.39. The lowest BCUT2D eigenvalue weighted by atomic mass is 10.2. The van der Waals surface area contributed by atoms with Crippen LogP contribution < -0.4 is 10.6 Å². The van der Waals surface area contributed by atoms with Crippen molar-refractivity contribution >= 4 is 27.8 Å². The number of nitrogens with one attached hydrogen (secondary N) is 2. The molecule has 1 aromatic carbocycles. The second kappa shape index (κ2) is 11.2. The van der Waals surface area contributed by atoms with Gasteiger partial charge in [-0.2, -0.15) is 4.31 Å². The minimum Gasteiger partial charge on any atom is -0.444 e. The summed E-state index contributed by atoms with van der Waals surface area (Å²) in [5.41, 5.74) is -0.00513. The number of rotatable bonds is 7. The molecule has 1 saturated heterocycles. The Bertz CT molecular complexity index is 904. The second-order valence-corrected chi connectivity index (χ2v) is 11.3. The number of benzene rings is 1. The predicted molar refractivity (Wildman–Crippen MR) is 128 cm³/mol. The van der Waals surface area contributed by atoms with Gasteiger partial charge in [0.05, 0.1) is 4.90 Å². The normalized spacial score (nSPS) is 15.6. The van der Waals surface area contributed by atoms with Gasteiger partial charge in [0, 0.05) is 58.0 Å². The van der Waals surface area contributed by atoms with Gasteiger partial charge in [-0.3, -0.25) is 4.90 Å². The molecule has 1 heterocycles. The van der Waals surface area contributed by atoms with Gasteiger partial charge in [-0.1, -0.05) is 0 Å². The van der Waals surface area contributed by atoms with Crippen LogP contribution in [0.25, 0.3) is 0 Å². The first kappa shape index (κ1) is 26.9. The van der Waals surface area contributed by atoms with Gasteiger partial charge in [0.1, 0.15) is 5.60 Å². The lowest BCUT2D eigenvalue weighted by Gasteiger charge is -2.35. The molecule has 186 valence electrons. The van der Waals surface area contributed by atoms with E-state index in [0.29, 0.717) is 45.0 Å². The molecule has 3 amide bonds. The maximum absolute atomic E-state index is 12.5. The van der Waals surface area contributed by atoms with Crippen molar-refractivity contribution in [2.45, 2.75) is 51.2 Å².